The monoisotopic (exact) mass is 187 g/mol. The first-order chi connectivity index (χ1) is 6.68. The Balaban J connectivity index is 2.17. The van der Waals surface area contributed by atoms with Gasteiger partial charge in [0.05, 0.1) is 0 Å². The van der Waals surface area contributed by atoms with Crippen LogP contribution >= 0.6 is 0 Å². The Morgan fingerprint density at radius 1 is 1.21 bits per heavy atom. The van der Waals surface area contributed by atoms with Gasteiger partial charge < -0.3 is 4.90 Å². The van der Waals surface area contributed by atoms with Gasteiger partial charge in [0.25, 0.3) is 0 Å². The fourth-order valence-electron chi connectivity index (χ4n) is 1.73. The van der Waals surface area contributed by atoms with Gasteiger partial charge in [-0.2, -0.15) is 0 Å². The van der Waals surface area contributed by atoms with E-state index in [4.69, 9.17) is 0 Å². The maximum Gasteiger partial charge on any atom is 0.0408 e. The molecule has 74 valence electrons. The Bertz CT molecular complexity index is 335. The minimum Gasteiger partial charge on any atom is -0.345 e. The summed E-state index contributed by atoms with van der Waals surface area (Å²) in [4.78, 5) is 2.27. The van der Waals surface area contributed by atoms with Crippen LogP contribution in [0, 0.1) is 0 Å². The van der Waals surface area contributed by atoms with Crippen molar-refractivity contribution in [3.8, 4) is 0 Å². The summed E-state index contributed by atoms with van der Waals surface area (Å²) in [5.41, 5.74) is 3.92. The van der Waals surface area contributed by atoms with Crippen molar-refractivity contribution >= 4 is 5.69 Å². The zero-order valence-corrected chi connectivity index (χ0v) is 8.96. The van der Waals surface area contributed by atoms with Crippen molar-refractivity contribution in [2.75, 3.05) is 11.4 Å². The lowest BCUT2D eigenvalue weighted by Gasteiger charge is -2.35. The molecule has 1 aliphatic heterocycles. The van der Waals surface area contributed by atoms with Gasteiger partial charge in [0.15, 0.2) is 0 Å². The highest BCUT2D eigenvalue weighted by molar-refractivity contribution is 5.56. The molecule has 0 unspecified atom stereocenters. The predicted octanol–water partition coefficient (Wildman–Crippen LogP) is 3.53. The predicted molar refractivity (Wildman–Crippen MR) is 61.6 cm³/mol. The summed E-state index contributed by atoms with van der Waals surface area (Å²) in [6.45, 7) is 9.57. The van der Waals surface area contributed by atoms with E-state index in [1.165, 1.54) is 16.9 Å². The summed E-state index contributed by atoms with van der Waals surface area (Å²) in [6.07, 6.45) is 1.14. The number of nitrogens with zero attached hydrogens (tertiary/aromatic N) is 1. The van der Waals surface area contributed by atoms with Crippen LogP contribution in [0.2, 0.25) is 0 Å². The van der Waals surface area contributed by atoms with Gasteiger partial charge in [0.1, 0.15) is 0 Å². The van der Waals surface area contributed by atoms with E-state index in [2.05, 4.69) is 49.6 Å². The van der Waals surface area contributed by atoms with Crippen molar-refractivity contribution < 1.29 is 0 Å². The van der Waals surface area contributed by atoms with Gasteiger partial charge in [-0.15, -0.1) is 0 Å². The summed E-state index contributed by atoms with van der Waals surface area (Å²) in [7, 11) is 0. The average Bonchev–Trinajstić information content (AvgIpc) is 2.16. The van der Waals surface area contributed by atoms with Crippen LogP contribution in [0.3, 0.4) is 0 Å². The number of hydrogen-bond donors (Lipinski definition) is 0. The highest BCUT2D eigenvalue weighted by atomic mass is 15.2. The van der Waals surface area contributed by atoms with E-state index in [9.17, 15) is 0 Å². The van der Waals surface area contributed by atoms with Gasteiger partial charge in [-0.3, -0.25) is 0 Å². The molecule has 1 nitrogen and oxygen atoms in total. The molecular weight excluding hydrogens is 170 g/mol. The third kappa shape index (κ3) is 1.54. The molecule has 14 heavy (non-hydrogen) atoms. The lowest BCUT2D eigenvalue weighted by Crippen LogP contribution is -2.33. The summed E-state index contributed by atoms with van der Waals surface area (Å²) in [5, 5.41) is 0. The molecule has 0 aliphatic carbocycles. The molecule has 1 fully saturated rings. The third-order valence-electron chi connectivity index (χ3n) is 2.88. The Kier molecular flexibility index (Phi) is 2.32. The maximum atomic E-state index is 4.00. The minimum absolute atomic E-state index is 0.614. The number of anilines is 1. The minimum atomic E-state index is 0.614. The second kappa shape index (κ2) is 3.49. The molecule has 1 aliphatic rings. The molecule has 1 saturated heterocycles. The van der Waals surface area contributed by atoms with Crippen LogP contribution in [-0.4, -0.2) is 6.54 Å². The van der Waals surface area contributed by atoms with E-state index >= 15 is 0 Å². The van der Waals surface area contributed by atoms with Crippen LogP contribution in [0.4, 0.5) is 5.69 Å². The Morgan fingerprint density at radius 2 is 1.86 bits per heavy atom. The zero-order valence-electron chi connectivity index (χ0n) is 8.96. The second-order valence-electron chi connectivity index (χ2n) is 4.21. The van der Waals surface area contributed by atoms with E-state index in [0.717, 1.165) is 13.0 Å². The van der Waals surface area contributed by atoms with Gasteiger partial charge in [0, 0.05) is 24.4 Å². The Labute approximate surface area is 86.1 Å². The molecule has 0 atom stereocenters. The van der Waals surface area contributed by atoms with Crippen molar-refractivity contribution in [1.29, 1.82) is 0 Å². The molecule has 0 aromatic heterocycles. The molecule has 0 saturated carbocycles. The second-order valence-corrected chi connectivity index (χ2v) is 4.21. The quantitative estimate of drug-likeness (QED) is 0.684. The third-order valence-corrected chi connectivity index (χ3v) is 2.88. The van der Waals surface area contributed by atoms with Crippen LogP contribution in [0.25, 0.3) is 0 Å². The van der Waals surface area contributed by atoms with Crippen molar-refractivity contribution in [3.63, 3.8) is 0 Å². The summed E-state index contributed by atoms with van der Waals surface area (Å²) >= 11 is 0. The van der Waals surface area contributed by atoms with Crippen LogP contribution < -0.4 is 4.90 Å². The molecule has 0 bridgehead atoms. The van der Waals surface area contributed by atoms with E-state index in [-0.39, 0.29) is 0 Å². The summed E-state index contributed by atoms with van der Waals surface area (Å²) in [5.74, 6) is 0.614. The molecule has 1 heteroatoms. The smallest absolute Gasteiger partial charge is 0.0408 e. The van der Waals surface area contributed by atoms with E-state index in [1.54, 1.807) is 0 Å². The Hall–Kier alpha value is -1.24. The van der Waals surface area contributed by atoms with E-state index < -0.39 is 0 Å². The Morgan fingerprint density at radius 3 is 2.21 bits per heavy atom. The summed E-state index contributed by atoms with van der Waals surface area (Å²) in [6, 6.07) is 8.82. The topological polar surface area (TPSA) is 3.24 Å². The largest absolute Gasteiger partial charge is 0.345 e. The average molecular weight is 187 g/mol. The molecule has 0 spiro atoms. The van der Waals surface area contributed by atoms with Crippen molar-refractivity contribution in [2.45, 2.75) is 26.2 Å². The molecule has 1 aromatic rings. The van der Waals surface area contributed by atoms with E-state index in [1.807, 2.05) is 0 Å². The van der Waals surface area contributed by atoms with Gasteiger partial charge in [-0.1, -0.05) is 32.6 Å². The van der Waals surface area contributed by atoms with Crippen LogP contribution in [-0.2, 0) is 0 Å². The first kappa shape index (κ1) is 9.32. The molecule has 2 rings (SSSR count). The normalized spacial score (nSPS) is 15.9. The lowest BCUT2D eigenvalue weighted by atomic mass is 10.0. The van der Waals surface area contributed by atoms with Crippen molar-refractivity contribution in [3.05, 3.63) is 42.1 Å². The van der Waals surface area contributed by atoms with Crippen molar-refractivity contribution in [2.24, 2.45) is 0 Å². The highest BCUT2D eigenvalue weighted by Crippen LogP contribution is 2.29. The SMILES string of the molecule is C=C1CCN1c1ccc(C(C)C)cc1. The van der Waals surface area contributed by atoms with Gasteiger partial charge >= 0.3 is 0 Å². The van der Waals surface area contributed by atoms with Gasteiger partial charge in [0.2, 0.25) is 0 Å². The fraction of sp³-hybridized carbons (Fsp3) is 0.385. The zero-order chi connectivity index (χ0) is 10.1. The fourth-order valence-corrected chi connectivity index (χ4v) is 1.73. The van der Waals surface area contributed by atoms with Crippen LogP contribution in [0.5, 0.6) is 0 Å². The number of benzene rings is 1. The molecule has 1 aromatic carbocycles. The lowest BCUT2D eigenvalue weighted by molar-refractivity contribution is 0.727. The first-order valence-electron chi connectivity index (χ1n) is 5.24. The van der Waals surface area contributed by atoms with Gasteiger partial charge in [-0.05, 0) is 23.6 Å². The highest BCUT2D eigenvalue weighted by Gasteiger charge is 2.18. The molecule has 0 radical (unpaired) electrons. The molecule has 1 heterocycles. The first-order valence-corrected chi connectivity index (χ1v) is 5.24. The molecular formula is C13H17N. The maximum absolute atomic E-state index is 4.00. The van der Waals surface area contributed by atoms with Gasteiger partial charge in [-0.25, -0.2) is 0 Å². The van der Waals surface area contributed by atoms with E-state index in [0.29, 0.717) is 5.92 Å². The molecule has 0 N–H and O–H groups in total. The van der Waals surface area contributed by atoms with Crippen LogP contribution in [0.1, 0.15) is 31.7 Å². The number of rotatable bonds is 2. The van der Waals surface area contributed by atoms with Crippen LogP contribution in [0.15, 0.2) is 36.5 Å². The standard InChI is InChI=1S/C13H17N/c1-10(2)12-4-6-13(7-5-12)14-9-8-11(14)3/h4-7,10H,3,8-9H2,1-2H3. The number of hydrogen-bond acceptors (Lipinski definition) is 1. The van der Waals surface area contributed by atoms with Crippen molar-refractivity contribution in [1.82, 2.24) is 0 Å². The summed E-state index contributed by atoms with van der Waals surface area (Å²) < 4.78 is 0. The molecule has 0 amide bonds.